The van der Waals surface area contributed by atoms with Crippen LogP contribution in [0.15, 0.2) is 24.3 Å². The number of hydrogen-bond acceptors (Lipinski definition) is 5. The van der Waals surface area contributed by atoms with Gasteiger partial charge in [-0.3, -0.25) is 19.3 Å². The second-order valence-corrected chi connectivity index (χ2v) is 7.81. The first-order chi connectivity index (χ1) is 13.6. The number of anilines is 1. The highest BCUT2D eigenvalue weighted by molar-refractivity contribution is 6.22. The van der Waals surface area contributed by atoms with Crippen molar-refractivity contribution in [2.45, 2.75) is 32.2 Å². The minimum absolute atomic E-state index is 0.138. The molecule has 0 radical (unpaired) electrons. The van der Waals surface area contributed by atoms with Gasteiger partial charge in [-0.1, -0.05) is 19.1 Å². The van der Waals surface area contributed by atoms with Gasteiger partial charge in [-0.2, -0.15) is 0 Å². The fourth-order valence-electron chi connectivity index (χ4n) is 4.49. The number of rotatable bonds is 3. The van der Waals surface area contributed by atoms with E-state index in [-0.39, 0.29) is 24.3 Å². The molecule has 4 rings (SSSR count). The smallest absolute Gasteiger partial charge is 0.256 e. The van der Waals surface area contributed by atoms with Crippen LogP contribution in [0.2, 0.25) is 0 Å². The molecule has 2 fully saturated rings. The lowest BCUT2D eigenvalue weighted by molar-refractivity contribution is -0.130. The molecule has 3 heterocycles. The fraction of sp³-hybridized carbons (Fsp3) is 0.571. The summed E-state index contributed by atoms with van der Waals surface area (Å²) in [5.74, 6) is -0.627. The Labute approximate surface area is 165 Å². The number of benzene rings is 1. The highest BCUT2D eigenvalue weighted by Gasteiger charge is 2.42. The SMILES string of the molecule is CCN1CCN(CC(=O)N2C(=O)[C@H]3CCCCN3C(=O)c3ccccc32)CC1. The van der Waals surface area contributed by atoms with Crippen LogP contribution in [-0.2, 0) is 9.59 Å². The van der Waals surface area contributed by atoms with Gasteiger partial charge in [0, 0.05) is 32.7 Å². The Morgan fingerprint density at radius 1 is 1.00 bits per heavy atom. The maximum absolute atomic E-state index is 13.4. The van der Waals surface area contributed by atoms with Gasteiger partial charge in [0.25, 0.3) is 11.8 Å². The van der Waals surface area contributed by atoms with Crippen LogP contribution in [-0.4, -0.2) is 84.3 Å². The van der Waals surface area contributed by atoms with E-state index in [4.69, 9.17) is 0 Å². The number of likely N-dealkylation sites (N-methyl/N-ethyl adjacent to an activating group) is 1. The summed E-state index contributed by atoms with van der Waals surface area (Å²) < 4.78 is 0. The fourth-order valence-corrected chi connectivity index (χ4v) is 4.49. The van der Waals surface area contributed by atoms with Crippen molar-refractivity contribution in [3.8, 4) is 0 Å². The van der Waals surface area contributed by atoms with Gasteiger partial charge in [0.2, 0.25) is 5.91 Å². The van der Waals surface area contributed by atoms with E-state index in [2.05, 4.69) is 16.7 Å². The Hall–Kier alpha value is -2.25. The van der Waals surface area contributed by atoms with Crippen molar-refractivity contribution in [1.82, 2.24) is 14.7 Å². The van der Waals surface area contributed by atoms with Gasteiger partial charge < -0.3 is 9.80 Å². The van der Waals surface area contributed by atoms with E-state index in [9.17, 15) is 14.4 Å². The molecule has 3 aliphatic rings. The Morgan fingerprint density at radius 2 is 1.71 bits per heavy atom. The summed E-state index contributed by atoms with van der Waals surface area (Å²) in [5, 5.41) is 0. The molecule has 28 heavy (non-hydrogen) atoms. The van der Waals surface area contributed by atoms with Gasteiger partial charge in [-0.15, -0.1) is 0 Å². The number of nitrogens with zero attached hydrogens (tertiary/aromatic N) is 4. The predicted octanol–water partition coefficient (Wildman–Crippen LogP) is 1.19. The first-order valence-corrected chi connectivity index (χ1v) is 10.3. The molecule has 3 amide bonds. The Bertz CT molecular complexity index is 773. The summed E-state index contributed by atoms with van der Waals surface area (Å²) in [6.45, 7) is 7.44. The van der Waals surface area contributed by atoms with Gasteiger partial charge in [-0.05, 0) is 37.9 Å². The normalized spacial score (nSPS) is 24.0. The van der Waals surface area contributed by atoms with Crippen molar-refractivity contribution < 1.29 is 14.4 Å². The standard InChI is InChI=1S/C21H28N4O3/c1-2-22-11-13-23(14-12-22)15-19(26)25-17-8-4-3-7-16(17)20(27)24-10-6-5-9-18(24)21(25)28/h3-4,7-8,18H,2,5-6,9-15H2,1H3/t18-/m1/s1. The van der Waals surface area contributed by atoms with E-state index in [1.165, 1.54) is 4.90 Å². The number of imide groups is 1. The third-order valence-corrected chi connectivity index (χ3v) is 6.16. The third kappa shape index (κ3) is 3.44. The van der Waals surface area contributed by atoms with E-state index >= 15 is 0 Å². The van der Waals surface area contributed by atoms with E-state index < -0.39 is 6.04 Å². The first-order valence-electron chi connectivity index (χ1n) is 10.3. The van der Waals surface area contributed by atoms with Gasteiger partial charge in [0.1, 0.15) is 6.04 Å². The molecule has 1 aromatic rings. The number of fused-ring (bicyclic) bond motifs is 2. The molecule has 1 aromatic carbocycles. The molecule has 7 heteroatoms. The molecule has 0 unspecified atom stereocenters. The summed E-state index contributed by atoms with van der Waals surface area (Å²) in [7, 11) is 0. The van der Waals surface area contributed by atoms with Crippen LogP contribution in [0.1, 0.15) is 36.5 Å². The zero-order valence-corrected chi connectivity index (χ0v) is 16.5. The lowest BCUT2D eigenvalue weighted by Crippen LogP contribution is -2.55. The summed E-state index contributed by atoms with van der Waals surface area (Å²) >= 11 is 0. The van der Waals surface area contributed by atoms with Gasteiger partial charge >= 0.3 is 0 Å². The summed E-state index contributed by atoms with van der Waals surface area (Å²) in [6, 6.07) is 6.48. The Kier molecular flexibility index (Phi) is 5.46. The van der Waals surface area contributed by atoms with Crippen molar-refractivity contribution in [2.75, 3.05) is 50.7 Å². The summed E-state index contributed by atoms with van der Waals surface area (Å²) in [4.78, 5) is 47.1. The quantitative estimate of drug-likeness (QED) is 0.783. The van der Waals surface area contributed by atoms with E-state index in [1.807, 2.05) is 0 Å². The number of para-hydroxylation sites is 1. The molecule has 0 bridgehead atoms. The second kappa shape index (κ2) is 8.01. The van der Waals surface area contributed by atoms with E-state index in [1.54, 1.807) is 29.2 Å². The molecule has 2 saturated heterocycles. The molecule has 0 N–H and O–H groups in total. The van der Waals surface area contributed by atoms with Gasteiger partial charge in [0.05, 0.1) is 17.8 Å². The molecule has 1 atom stereocenters. The Morgan fingerprint density at radius 3 is 2.46 bits per heavy atom. The maximum atomic E-state index is 13.4. The lowest BCUT2D eigenvalue weighted by atomic mass is 10.0. The van der Waals surface area contributed by atoms with Crippen molar-refractivity contribution in [1.29, 1.82) is 0 Å². The number of amides is 3. The van der Waals surface area contributed by atoms with Crippen LogP contribution in [0, 0.1) is 0 Å². The van der Waals surface area contributed by atoms with E-state index in [0.717, 1.165) is 45.6 Å². The van der Waals surface area contributed by atoms with Gasteiger partial charge in [0.15, 0.2) is 0 Å². The summed E-state index contributed by atoms with van der Waals surface area (Å²) in [6.07, 6.45) is 2.42. The topological polar surface area (TPSA) is 64.2 Å². The third-order valence-electron chi connectivity index (χ3n) is 6.16. The monoisotopic (exact) mass is 384 g/mol. The van der Waals surface area contributed by atoms with Crippen LogP contribution in [0.5, 0.6) is 0 Å². The largest absolute Gasteiger partial charge is 0.327 e. The van der Waals surface area contributed by atoms with Crippen LogP contribution in [0.3, 0.4) is 0 Å². The molecule has 7 nitrogen and oxygen atoms in total. The minimum atomic E-state index is -0.533. The van der Waals surface area contributed by atoms with Gasteiger partial charge in [-0.25, -0.2) is 4.90 Å². The predicted molar refractivity (Wildman–Crippen MR) is 106 cm³/mol. The van der Waals surface area contributed by atoms with Crippen molar-refractivity contribution in [3.05, 3.63) is 29.8 Å². The average Bonchev–Trinajstić information content (AvgIpc) is 2.82. The summed E-state index contributed by atoms with van der Waals surface area (Å²) in [5.41, 5.74) is 0.883. The molecule has 150 valence electrons. The molecular weight excluding hydrogens is 356 g/mol. The average molecular weight is 384 g/mol. The minimum Gasteiger partial charge on any atom is -0.327 e. The zero-order valence-electron chi connectivity index (χ0n) is 16.5. The van der Waals surface area contributed by atoms with E-state index in [0.29, 0.717) is 24.2 Å². The number of carbonyl (C=O) groups is 3. The number of hydrogen-bond donors (Lipinski definition) is 0. The highest BCUT2D eigenvalue weighted by atomic mass is 16.2. The maximum Gasteiger partial charge on any atom is 0.256 e. The highest BCUT2D eigenvalue weighted by Crippen LogP contribution is 2.32. The lowest BCUT2D eigenvalue weighted by Gasteiger charge is -2.36. The molecule has 0 aliphatic carbocycles. The molecular formula is C21H28N4O3. The number of carbonyl (C=O) groups excluding carboxylic acids is 3. The number of piperidine rings is 1. The molecule has 0 spiro atoms. The van der Waals surface area contributed by atoms with Crippen LogP contribution in [0.4, 0.5) is 5.69 Å². The van der Waals surface area contributed by atoms with Crippen molar-refractivity contribution in [3.63, 3.8) is 0 Å². The molecule has 0 aromatic heterocycles. The molecule has 0 saturated carbocycles. The number of piperazine rings is 1. The van der Waals surface area contributed by atoms with Crippen molar-refractivity contribution >= 4 is 23.4 Å². The van der Waals surface area contributed by atoms with Crippen LogP contribution in [0.25, 0.3) is 0 Å². The van der Waals surface area contributed by atoms with Crippen LogP contribution >= 0.6 is 0 Å². The van der Waals surface area contributed by atoms with Crippen LogP contribution < -0.4 is 4.90 Å². The Balaban J connectivity index is 1.61. The zero-order chi connectivity index (χ0) is 19.7. The second-order valence-electron chi connectivity index (χ2n) is 7.81. The van der Waals surface area contributed by atoms with Crippen molar-refractivity contribution in [2.24, 2.45) is 0 Å². The molecule has 3 aliphatic heterocycles. The first kappa shape index (κ1) is 19.1.